The van der Waals surface area contributed by atoms with Crippen LogP contribution in [0.1, 0.15) is 38.3 Å². The van der Waals surface area contributed by atoms with E-state index in [1.54, 1.807) is 0 Å². The van der Waals surface area contributed by atoms with Gasteiger partial charge in [0.05, 0.1) is 0 Å². The molecule has 0 bridgehead atoms. The lowest BCUT2D eigenvalue weighted by Gasteiger charge is -2.20. The molecular weight excluding hydrogens is 286 g/mol. The molecule has 0 saturated carbocycles. The third-order valence-electron chi connectivity index (χ3n) is 2.83. The monoisotopic (exact) mass is 309 g/mol. The van der Waals surface area contributed by atoms with E-state index in [9.17, 15) is 4.79 Å². The van der Waals surface area contributed by atoms with E-state index >= 15 is 0 Å². The van der Waals surface area contributed by atoms with Crippen LogP contribution in [0.15, 0.2) is 35.4 Å². The van der Waals surface area contributed by atoms with Gasteiger partial charge in [0.2, 0.25) is 0 Å². The van der Waals surface area contributed by atoms with Crippen molar-refractivity contribution >= 4 is 17.7 Å². The number of amides is 1. The highest BCUT2D eigenvalue weighted by Crippen LogP contribution is 2.12. The molecule has 0 saturated heterocycles. The van der Waals surface area contributed by atoms with Gasteiger partial charge >= 0.3 is 6.09 Å². The van der Waals surface area contributed by atoms with Crippen LogP contribution in [0.25, 0.3) is 0 Å². The van der Waals surface area contributed by atoms with E-state index in [4.69, 9.17) is 16.3 Å². The number of hydrogen-bond acceptors (Lipinski definition) is 2. The Morgan fingerprint density at radius 1 is 1.38 bits per heavy atom. The van der Waals surface area contributed by atoms with Gasteiger partial charge in [0.25, 0.3) is 0 Å². The number of carbonyl (C=O) groups is 1. The predicted molar refractivity (Wildman–Crippen MR) is 87.7 cm³/mol. The van der Waals surface area contributed by atoms with Gasteiger partial charge in [0, 0.05) is 12.1 Å². The predicted octanol–water partition coefficient (Wildman–Crippen LogP) is 4.58. The van der Waals surface area contributed by atoms with Crippen molar-refractivity contribution in [2.45, 2.75) is 46.1 Å². The first-order valence-electron chi connectivity index (χ1n) is 7.10. The molecule has 0 aliphatic carbocycles. The topological polar surface area (TPSA) is 38.3 Å². The lowest BCUT2D eigenvalue weighted by atomic mass is 10.0. The maximum atomic E-state index is 11.6. The number of halogens is 1. The highest BCUT2D eigenvalue weighted by molar-refractivity contribution is 6.25. The molecule has 0 aliphatic rings. The van der Waals surface area contributed by atoms with Crippen molar-refractivity contribution in [3.8, 4) is 0 Å². The van der Waals surface area contributed by atoms with Crippen molar-refractivity contribution in [3.63, 3.8) is 0 Å². The molecule has 0 spiro atoms. The van der Waals surface area contributed by atoms with E-state index in [1.807, 2.05) is 26.8 Å². The lowest BCUT2D eigenvalue weighted by Crippen LogP contribution is -2.33. The number of carbonyl (C=O) groups excluding carboxylic acids is 1. The number of rotatable bonds is 5. The Morgan fingerprint density at radius 3 is 2.67 bits per heavy atom. The van der Waals surface area contributed by atoms with Gasteiger partial charge in [-0.1, -0.05) is 41.4 Å². The minimum Gasteiger partial charge on any atom is -0.444 e. The smallest absolute Gasteiger partial charge is 0.407 e. The number of nitrogens with one attached hydrogen (secondary N) is 1. The molecular formula is C17H24ClNO2. The summed E-state index contributed by atoms with van der Waals surface area (Å²) in [5.74, 6) is 0. The highest BCUT2D eigenvalue weighted by Gasteiger charge is 2.15. The molecule has 4 heteroatoms. The minimum absolute atomic E-state index is 0.407. The zero-order chi connectivity index (χ0) is 15.9. The SMILES string of the molecule is Cc1cccc(CC/C(=C\Cl)CNC(=O)OC(C)(C)C)c1. The summed E-state index contributed by atoms with van der Waals surface area (Å²) in [7, 11) is 0. The Hall–Kier alpha value is -1.48. The molecule has 0 aromatic heterocycles. The standard InChI is InChI=1S/C17H24ClNO2/c1-13-6-5-7-14(10-13)8-9-15(11-18)12-19-16(20)21-17(2,3)4/h5-7,10-11H,8-9,12H2,1-4H3,(H,19,20)/b15-11+. The van der Waals surface area contributed by atoms with Crippen molar-refractivity contribution in [1.82, 2.24) is 5.32 Å². The molecule has 1 N–H and O–H groups in total. The first-order chi connectivity index (χ1) is 9.80. The average molecular weight is 310 g/mol. The zero-order valence-electron chi connectivity index (χ0n) is 13.2. The zero-order valence-corrected chi connectivity index (χ0v) is 14.0. The summed E-state index contributed by atoms with van der Waals surface area (Å²) in [6.45, 7) is 7.99. The fourth-order valence-electron chi connectivity index (χ4n) is 1.85. The van der Waals surface area contributed by atoms with Crippen molar-refractivity contribution in [2.24, 2.45) is 0 Å². The van der Waals surface area contributed by atoms with Gasteiger partial charge in [-0.05, 0) is 51.7 Å². The van der Waals surface area contributed by atoms with Gasteiger partial charge in [-0.15, -0.1) is 0 Å². The minimum atomic E-state index is -0.490. The number of benzene rings is 1. The fourth-order valence-corrected chi connectivity index (χ4v) is 2.04. The van der Waals surface area contributed by atoms with Crippen molar-refractivity contribution < 1.29 is 9.53 Å². The van der Waals surface area contributed by atoms with Gasteiger partial charge in [0.15, 0.2) is 0 Å². The van der Waals surface area contributed by atoms with Gasteiger partial charge in [-0.25, -0.2) is 4.79 Å². The third kappa shape index (κ3) is 7.76. The summed E-state index contributed by atoms with van der Waals surface area (Å²) in [5.41, 5.74) is 4.53. The second-order valence-corrected chi connectivity index (χ2v) is 6.33. The molecule has 1 aromatic rings. The molecule has 116 valence electrons. The van der Waals surface area contributed by atoms with Crippen LogP contribution in [0.3, 0.4) is 0 Å². The van der Waals surface area contributed by atoms with Crippen LogP contribution in [0.4, 0.5) is 4.79 Å². The van der Waals surface area contributed by atoms with E-state index < -0.39 is 11.7 Å². The van der Waals surface area contributed by atoms with E-state index in [-0.39, 0.29) is 0 Å². The van der Waals surface area contributed by atoms with Gasteiger partial charge in [-0.3, -0.25) is 0 Å². The molecule has 1 rings (SSSR count). The van der Waals surface area contributed by atoms with Crippen LogP contribution in [-0.2, 0) is 11.2 Å². The first kappa shape index (κ1) is 17.6. The normalized spacial score (nSPS) is 12.1. The fraction of sp³-hybridized carbons (Fsp3) is 0.471. The molecule has 0 heterocycles. The summed E-state index contributed by atoms with van der Waals surface area (Å²) in [5, 5.41) is 2.72. The second kappa shape index (κ2) is 8.08. The van der Waals surface area contributed by atoms with Crippen LogP contribution >= 0.6 is 11.6 Å². The van der Waals surface area contributed by atoms with Crippen molar-refractivity contribution in [2.75, 3.05) is 6.54 Å². The number of aryl methyl sites for hydroxylation is 2. The highest BCUT2D eigenvalue weighted by atomic mass is 35.5. The number of alkyl carbamates (subject to hydrolysis) is 1. The Kier molecular flexibility index (Phi) is 6.76. The van der Waals surface area contributed by atoms with Crippen LogP contribution in [0.5, 0.6) is 0 Å². The van der Waals surface area contributed by atoms with Crippen molar-refractivity contribution in [1.29, 1.82) is 0 Å². The van der Waals surface area contributed by atoms with E-state index in [0.717, 1.165) is 18.4 Å². The summed E-state index contributed by atoms with van der Waals surface area (Å²) in [4.78, 5) is 11.6. The van der Waals surface area contributed by atoms with Crippen LogP contribution < -0.4 is 5.32 Å². The summed E-state index contributed by atoms with van der Waals surface area (Å²) in [6, 6.07) is 8.38. The van der Waals surface area contributed by atoms with Gasteiger partial charge < -0.3 is 10.1 Å². The number of ether oxygens (including phenoxy) is 1. The Labute approximate surface area is 132 Å². The van der Waals surface area contributed by atoms with Crippen LogP contribution in [0.2, 0.25) is 0 Å². The van der Waals surface area contributed by atoms with Gasteiger partial charge in [0.1, 0.15) is 5.60 Å². The quantitative estimate of drug-likeness (QED) is 0.865. The largest absolute Gasteiger partial charge is 0.444 e. The molecule has 3 nitrogen and oxygen atoms in total. The molecule has 0 unspecified atom stereocenters. The Morgan fingerprint density at radius 2 is 2.10 bits per heavy atom. The number of hydrogen-bond donors (Lipinski definition) is 1. The first-order valence-corrected chi connectivity index (χ1v) is 7.54. The van der Waals surface area contributed by atoms with E-state index in [0.29, 0.717) is 6.54 Å². The van der Waals surface area contributed by atoms with Gasteiger partial charge in [-0.2, -0.15) is 0 Å². The molecule has 0 atom stereocenters. The summed E-state index contributed by atoms with van der Waals surface area (Å²) in [6.07, 6.45) is 1.29. The third-order valence-corrected chi connectivity index (χ3v) is 3.14. The molecule has 0 fully saturated rings. The Bertz CT molecular complexity index is 504. The molecule has 21 heavy (non-hydrogen) atoms. The maximum Gasteiger partial charge on any atom is 0.407 e. The molecule has 1 amide bonds. The lowest BCUT2D eigenvalue weighted by molar-refractivity contribution is 0.0532. The van der Waals surface area contributed by atoms with Crippen LogP contribution in [0, 0.1) is 6.92 Å². The molecule has 0 aliphatic heterocycles. The van der Waals surface area contributed by atoms with E-state index in [2.05, 4.69) is 30.4 Å². The average Bonchev–Trinajstić information content (AvgIpc) is 2.37. The van der Waals surface area contributed by atoms with Crippen LogP contribution in [-0.4, -0.2) is 18.2 Å². The van der Waals surface area contributed by atoms with Crippen molar-refractivity contribution in [3.05, 3.63) is 46.5 Å². The molecule has 1 aromatic carbocycles. The summed E-state index contributed by atoms with van der Waals surface area (Å²) >= 11 is 5.83. The maximum absolute atomic E-state index is 11.6. The second-order valence-electron chi connectivity index (χ2n) is 6.11. The van der Waals surface area contributed by atoms with E-state index in [1.165, 1.54) is 16.7 Å². The summed E-state index contributed by atoms with van der Waals surface area (Å²) < 4.78 is 5.19. The Balaban J connectivity index is 2.41. The molecule has 0 radical (unpaired) electrons.